The van der Waals surface area contributed by atoms with Crippen molar-refractivity contribution >= 4 is 27.3 Å². The van der Waals surface area contributed by atoms with E-state index in [1.165, 1.54) is 0 Å². The van der Waals surface area contributed by atoms with Crippen LogP contribution >= 0.6 is 0 Å². The van der Waals surface area contributed by atoms with Crippen molar-refractivity contribution in [2.45, 2.75) is 57.8 Å². The standard InChI is InChI=1S/C27H31N3O5S/c1-4-5-17-34-21-13-11-20(12-14-21)28-27(31)26-19(3)25-23(7-6-8-24(25)35-26)29-30-36(32,33)22-15-9-18(2)10-16-22/h9-16,30H,4-8,17H2,1-3H3,(H,28,31)/b29-23+. The van der Waals surface area contributed by atoms with E-state index in [1.54, 1.807) is 43.3 Å². The minimum atomic E-state index is -3.81. The Hall–Kier alpha value is -3.59. The van der Waals surface area contributed by atoms with Crippen molar-refractivity contribution in [1.82, 2.24) is 4.83 Å². The van der Waals surface area contributed by atoms with Crippen LogP contribution in [0.25, 0.3) is 0 Å². The van der Waals surface area contributed by atoms with Crippen LogP contribution in [-0.2, 0) is 16.4 Å². The molecule has 2 N–H and O–H groups in total. The number of amides is 1. The smallest absolute Gasteiger partial charge is 0.291 e. The van der Waals surface area contributed by atoms with E-state index < -0.39 is 10.0 Å². The molecule has 8 nitrogen and oxygen atoms in total. The van der Waals surface area contributed by atoms with Crippen LogP contribution in [0.3, 0.4) is 0 Å². The molecule has 0 saturated heterocycles. The minimum absolute atomic E-state index is 0.138. The van der Waals surface area contributed by atoms with Crippen molar-refractivity contribution in [2.75, 3.05) is 11.9 Å². The first-order valence-electron chi connectivity index (χ1n) is 12.1. The van der Waals surface area contributed by atoms with Gasteiger partial charge in [0.05, 0.1) is 17.2 Å². The summed E-state index contributed by atoms with van der Waals surface area (Å²) in [6.45, 7) is 6.44. The summed E-state index contributed by atoms with van der Waals surface area (Å²) in [4.78, 5) is 15.5. The SMILES string of the molecule is CCCCOc1ccc(NC(=O)c2oc3c(c2C)/C(=N/NS(=O)(=O)c2ccc(C)cc2)CCC3)cc1. The molecule has 1 aromatic heterocycles. The molecule has 0 radical (unpaired) electrons. The molecular weight excluding hydrogens is 478 g/mol. The number of benzene rings is 2. The van der Waals surface area contributed by atoms with Gasteiger partial charge in [-0.15, -0.1) is 0 Å². The van der Waals surface area contributed by atoms with Crippen LogP contribution in [0, 0.1) is 13.8 Å². The monoisotopic (exact) mass is 509 g/mol. The van der Waals surface area contributed by atoms with E-state index in [1.807, 2.05) is 19.1 Å². The van der Waals surface area contributed by atoms with Gasteiger partial charge in [-0.05, 0) is 69.5 Å². The van der Waals surface area contributed by atoms with Crippen LogP contribution in [0.1, 0.15) is 65.6 Å². The summed E-state index contributed by atoms with van der Waals surface area (Å²) in [6.07, 6.45) is 4.01. The molecule has 0 spiro atoms. The summed E-state index contributed by atoms with van der Waals surface area (Å²) >= 11 is 0. The lowest BCUT2D eigenvalue weighted by Gasteiger charge is -2.14. The van der Waals surface area contributed by atoms with Gasteiger partial charge in [0, 0.05) is 23.2 Å². The Morgan fingerprint density at radius 3 is 2.47 bits per heavy atom. The summed E-state index contributed by atoms with van der Waals surface area (Å²) in [6, 6.07) is 13.7. The van der Waals surface area contributed by atoms with Crippen molar-refractivity contribution in [3.8, 4) is 5.75 Å². The fourth-order valence-electron chi connectivity index (χ4n) is 4.04. The molecule has 1 aliphatic rings. The summed E-state index contributed by atoms with van der Waals surface area (Å²) < 4.78 is 37.0. The molecule has 0 bridgehead atoms. The number of nitrogens with one attached hydrogen (secondary N) is 2. The third-order valence-electron chi connectivity index (χ3n) is 6.04. The quantitative estimate of drug-likeness (QED) is 0.299. The molecule has 36 heavy (non-hydrogen) atoms. The second kappa shape index (κ2) is 11.0. The molecule has 0 unspecified atom stereocenters. The van der Waals surface area contributed by atoms with E-state index in [9.17, 15) is 13.2 Å². The van der Waals surface area contributed by atoms with E-state index in [-0.39, 0.29) is 16.6 Å². The molecule has 1 amide bonds. The molecular formula is C27H31N3O5S. The van der Waals surface area contributed by atoms with Crippen molar-refractivity contribution in [3.05, 3.63) is 76.7 Å². The number of hydrogen-bond acceptors (Lipinski definition) is 6. The first-order valence-corrected chi connectivity index (χ1v) is 13.6. The molecule has 0 saturated carbocycles. The highest BCUT2D eigenvalue weighted by Crippen LogP contribution is 2.30. The Bertz CT molecular complexity index is 1360. The van der Waals surface area contributed by atoms with Gasteiger partial charge in [-0.2, -0.15) is 18.4 Å². The maximum atomic E-state index is 13.0. The van der Waals surface area contributed by atoms with Gasteiger partial charge in [0.2, 0.25) is 0 Å². The summed E-state index contributed by atoms with van der Waals surface area (Å²) in [5.74, 6) is 1.21. The van der Waals surface area contributed by atoms with E-state index >= 15 is 0 Å². The normalized spacial score (nSPS) is 14.4. The number of anilines is 1. The third kappa shape index (κ3) is 5.79. The topological polar surface area (TPSA) is 110 Å². The number of carbonyl (C=O) groups is 1. The lowest BCUT2D eigenvalue weighted by atomic mass is 9.93. The number of sulfonamides is 1. The molecule has 1 aliphatic carbocycles. The lowest BCUT2D eigenvalue weighted by Crippen LogP contribution is -2.22. The maximum Gasteiger partial charge on any atom is 0.291 e. The summed E-state index contributed by atoms with van der Waals surface area (Å²) in [5, 5.41) is 7.09. The van der Waals surface area contributed by atoms with Crippen LogP contribution in [0.2, 0.25) is 0 Å². The highest BCUT2D eigenvalue weighted by atomic mass is 32.2. The highest BCUT2D eigenvalue weighted by Gasteiger charge is 2.28. The van der Waals surface area contributed by atoms with Gasteiger partial charge in [0.25, 0.3) is 15.9 Å². The van der Waals surface area contributed by atoms with Crippen molar-refractivity contribution < 1.29 is 22.4 Å². The molecule has 3 aromatic rings. The molecule has 4 rings (SSSR count). The predicted molar refractivity (Wildman–Crippen MR) is 139 cm³/mol. The van der Waals surface area contributed by atoms with E-state index in [4.69, 9.17) is 9.15 Å². The summed E-state index contributed by atoms with van der Waals surface area (Å²) in [5.41, 5.74) is 3.47. The second-order valence-electron chi connectivity index (χ2n) is 8.85. The number of unbranched alkanes of at least 4 members (excludes halogenated alkanes) is 1. The van der Waals surface area contributed by atoms with Gasteiger partial charge in [-0.3, -0.25) is 4.79 Å². The van der Waals surface area contributed by atoms with E-state index in [0.29, 0.717) is 47.7 Å². The van der Waals surface area contributed by atoms with Crippen LogP contribution in [0.5, 0.6) is 5.75 Å². The molecule has 2 aromatic carbocycles. The van der Waals surface area contributed by atoms with Crippen molar-refractivity contribution in [3.63, 3.8) is 0 Å². The Labute approximate surface area is 211 Å². The number of fused-ring (bicyclic) bond motifs is 1. The number of ether oxygens (including phenoxy) is 1. The summed E-state index contributed by atoms with van der Waals surface area (Å²) in [7, 11) is -3.81. The van der Waals surface area contributed by atoms with E-state index in [2.05, 4.69) is 22.2 Å². The average Bonchev–Trinajstić information content (AvgIpc) is 3.21. The Morgan fingerprint density at radius 1 is 1.06 bits per heavy atom. The first-order chi connectivity index (χ1) is 17.3. The Kier molecular flexibility index (Phi) is 7.79. The van der Waals surface area contributed by atoms with Gasteiger partial charge < -0.3 is 14.5 Å². The number of hydrazone groups is 1. The van der Waals surface area contributed by atoms with E-state index in [0.717, 1.165) is 30.6 Å². The minimum Gasteiger partial charge on any atom is -0.494 e. The van der Waals surface area contributed by atoms with Crippen molar-refractivity contribution in [2.24, 2.45) is 5.10 Å². The zero-order valence-electron chi connectivity index (χ0n) is 20.8. The molecule has 0 atom stereocenters. The average molecular weight is 510 g/mol. The second-order valence-corrected chi connectivity index (χ2v) is 10.5. The maximum absolute atomic E-state index is 13.0. The fraction of sp³-hybridized carbons (Fsp3) is 0.333. The first kappa shape index (κ1) is 25.5. The molecule has 190 valence electrons. The molecule has 0 fully saturated rings. The molecule has 0 aliphatic heterocycles. The molecule has 9 heteroatoms. The van der Waals surface area contributed by atoms with Crippen LogP contribution < -0.4 is 14.9 Å². The van der Waals surface area contributed by atoms with Crippen LogP contribution in [0.15, 0.2) is 62.9 Å². The van der Waals surface area contributed by atoms with Crippen molar-refractivity contribution in [1.29, 1.82) is 0 Å². The number of hydrogen-bond donors (Lipinski definition) is 2. The number of carbonyl (C=O) groups excluding carboxylic acids is 1. The van der Waals surface area contributed by atoms with Gasteiger partial charge in [-0.1, -0.05) is 31.0 Å². The van der Waals surface area contributed by atoms with Gasteiger partial charge in [0.15, 0.2) is 5.76 Å². The largest absolute Gasteiger partial charge is 0.494 e. The van der Waals surface area contributed by atoms with Gasteiger partial charge >= 0.3 is 0 Å². The number of aryl methyl sites for hydroxylation is 2. The van der Waals surface area contributed by atoms with Gasteiger partial charge in [-0.25, -0.2) is 0 Å². The highest BCUT2D eigenvalue weighted by molar-refractivity contribution is 7.89. The zero-order valence-corrected chi connectivity index (χ0v) is 21.6. The zero-order chi connectivity index (χ0) is 25.7. The Balaban J connectivity index is 1.50. The van der Waals surface area contributed by atoms with Crippen LogP contribution in [-0.4, -0.2) is 26.6 Å². The fourth-order valence-corrected chi connectivity index (χ4v) is 4.87. The van der Waals surface area contributed by atoms with Crippen LogP contribution in [0.4, 0.5) is 5.69 Å². The Morgan fingerprint density at radius 2 is 1.78 bits per heavy atom. The number of nitrogens with zero attached hydrogens (tertiary/aromatic N) is 1. The third-order valence-corrected chi connectivity index (χ3v) is 7.27. The predicted octanol–water partition coefficient (Wildman–Crippen LogP) is 5.35. The van der Waals surface area contributed by atoms with Gasteiger partial charge in [0.1, 0.15) is 11.5 Å². The number of furan rings is 1. The lowest BCUT2D eigenvalue weighted by molar-refractivity contribution is 0.0994. The molecule has 1 heterocycles. The number of rotatable bonds is 9.